The lowest BCUT2D eigenvalue weighted by atomic mass is 9.47. The molecular formula is C65H81BrN6O12. The summed E-state index contributed by atoms with van der Waals surface area (Å²) in [5, 5.41) is 17.5. The van der Waals surface area contributed by atoms with E-state index >= 15 is 9.59 Å². The third kappa shape index (κ3) is 9.27. The van der Waals surface area contributed by atoms with Gasteiger partial charge in [0.1, 0.15) is 42.9 Å². The van der Waals surface area contributed by atoms with Crippen LogP contribution in [0.4, 0.5) is 5.69 Å². The number of benzene rings is 3. The summed E-state index contributed by atoms with van der Waals surface area (Å²) in [7, 11) is 6.08. The van der Waals surface area contributed by atoms with Crippen molar-refractivity contribution in [1.29, 1.82) is 0 Å². The highest BCUT2D eigenvalue weighted by Crippen LogP contribution is 2.68. The van der Waals surface area contributed by atoms with E-state index < -0.39 is 70.0 Å². The summed E-state index contributed by atoms with van der Waals surface area (Å²) < 4.78 is 30.4. The van der Waals surface area contributed by atoms with Crippen molar-refractivity contribution in [3.05, 3.63) is 118 Å². The number of aliphatic hydroxyl groups is 1. The maximum atomic E-state index is 15.9. The van der Waals surface area contributed by atoms with E-state index in [4.69, 9.17) is 23.7 Å². The van der Waals surface area contributed by atoms with Crippen LogP contribution in [0.3, 0.4) is 0 Å². The molecular weight excluding hydrogens is 1140 g/mol. The number of hydrogen-bond donors (Lipinski definition) is 3. The number of esters is 4. The SMILES string of the molecule is CCC1=C[C@@H]2C[C@](C(=O)OC)(c3cc4c(cc3OC)N(C)[C@H]3[C@@](O)(C(=O)OC)[C@H](OC(C)=O)[C@]5(CC)C=CCN6CC[C@]43[C@@H]65)c3[nH]c4ccccc4c3C[N+](CC(=O)N3CCC[C@H]3C(=O)N[C@H](C(=O)OCc3ccccc3)[C@@H](C)CC)(C1)C2.[Br-]. The van der Waals surface area contributed by atoms with Gasteiger partial charge in [0, 0.05) is 89.3 Å². The van der Waals surface area contributed by atoms with Crippen molar-refractivity contribution in [3.8, 4) is 5.75 Å². The number of H-pyrrole nitrogens is 1. The number of hydrogen-bond acceptors (Lipinski definition) is 14. The highest BCUT2D eigenvalue weighted by atomic mass is 79.9. The minimum Gasteiger partial charge on any atom is -1.00 e. The summed E-state index contributed by atoms with van der Waals surface area (Å²) >= 11 is 0. The Morgan fingerprint density at radius 3 is 2.35 bits per heavy atom. The maximum Gasteiger partial charge on any atom is 0.344 e. The molecule has 1 saturated carbocycles. The molecule has 0 radical (unpaired) electrons. The van der Waals surface area contributed by atoms with Crippen molar-refractivity contribution in [2.45, 2.75) is 139 Å². The predicted molar refractivity (Wildman–Crippen MR) is 310 cm³/mol. The molecule has 4 aromatic rings. The van der Waals surface area contributed by atoms with Gasteiger partial charge in [-0.05, 0) is 79.8 Å². The number of carbonyl (C=O) groups excluding carboxylic acids is 6. The topological polar surface area (TPSA) is 206 Å². The molecule has 3 aromatic carbocycles. The minimum absolute atomic E-state index is 0. The van der Waals surface area contributed by atoms with Gasteiger partial charge < -0.3 is 70.4 Å². The third-order valence-corrected chi connectivity index (χ3v) is 20.4. The molecule has 18 nitrogen and oxygen atoms in total. The van der Waals surface area contributed by atoms with Gasteiger partial charge >= 0.3 is 23.9 Å². The maximum absolute atomic E-state index is 15.9. The number of aromatic amines is 1. The van der Waals surface area contributed by atoms with Gasteiger partial charge in [-0.25, -0.2) is 9.59 Å². The van der Waals surface area contributed by atoms with Gasteiger partial charge in [-0.3, -0.25) is 24.1 Å². The number of aromatic nitrogens is 1. The van der Waals surface area contributed by atoms with Crippen LogP contribution in [-0.4, -0.2) is 164 Å². The predicted octanol–water partition coefficient (Wildman–Crippen LogP) is 3.54. The number of likely N-dealkylation sites (N-methyl/N-ethyl adjacent to an activating group) is 1. The fourth-order valence-corrected chi connectivity index (χ4v) is 16.9. The Balaban J connectivity index is 0.00000786. The van der Waals surface area contributed by atoms with Crippen molar-refractivity contribution in [2.24, 2.45) is 17.3 Å². The zero-order chi connectivity index (χ0) is 59.0. The van der Waals surface area contributed by atoms with Crippen molar-refractivity contribution in [2.75, 3.05) is 72.5 Å². The number of likely N-dealkylation sites (tertiary alicyclic amines) is 1. The van der Waals surface area contributed by atoms with Crippen molar-refractivity contribution in [1.82, 2.24) is 20.1 Å². The number of ether oxygens (including phenoxy) is 5. The van der Waals surface area contributed by atoms with E-state index in [1.54, 1.807) is 12.0 Å². The number of carbonyl (C=O) groups is 6. The van der Waals surface area contributed by atoms with Gasteiger partial charge in [0.05, 0.1) is 33.9 Å². The third-order valence-electron chi connectivity index (χ3n) is 20.4. The molecule has 11 rings (SSSR count). The zero-order valence-corrected chi connectivity index (χ0v) is 51.4. The molecule has 1 unspecified atom stereocenters. The van der Waals surface area contributed by atoms with E-state index in [1.807, 2.05) is 106 Å². The fourth-order valence-electron chi connectivity index (χ4n) is 16.9. The lowest BCUT2D eigenvalue weighted by Gasteiger charge is -2.63. The molecule has 7 aliphatic rings. The van der Waals surface area contributed by atoms with E-state index in [0.717, 1.165) is 33.2 Å². The number of para-hydroxylation sites is 1. The molecule has 3 N–H and O–H groups in total. The first-order valence-corrected chi connectivity index (χ1v) is 29.7. The summed E-state index contributed by atoms with van der Waals surface area (Å²) in [6, 6.07) is 18.3. The average Bonchev–Trinajstić information content (AvgIpc) is 1.44. The Kier molecular flexibility index (Phi) is 16.6. The second kappa shape index (κ2) is 23.0. The first-order chi connectivity index (χ1) is 39.8. The molecule has 84 heavy (non-hydrogen) atoms. The van der Waals surface area contributed by atoms with E-state index in [2.05, 4.69) is 34.3 Å². The molecule has 1 aromatic heterocycles. The van der Waals surface area contributed by atoms with E-state index in [0.29, 0.717) is 105 Å². The van der Waals surface area contributed by atoms with Crippen molar-refractivity contribution in [3.63, 3.8) is 0 Å². The Hall–Kier alpha value is -6.54. The fraction of sp³-hybridized carbons (Fsp3) is 0.538. The Morgan fingerprint density at radius 2 is 1.65 bits per heavy atom. The van der Waals surface area contributed by atoms with Crippen LogP contribution in [0.5, 0.6) is 5.75 Å². The lowest BCUT2D eigenvalue weighted by molar-refractivity contribution is -0.934. The molecule has 2 bridgehead atoms. The van der Waals surface area contributed by atoms with Crippen LogP contribution in [0.1, 0.15) is 108 Å². The highest BCUT2D eigenvalue weighted by molar-refractivity contribution is 5.95. The smallest absolute Gasteiger partial charge is 0.344 e. The number of anilines is 1. The quantitative estimate of drug-likeness (QED) is 0.0636. The summed E-state index contributed by atoms with van der Waals surface area (Å²) in [5.74, 6) is -3.24. The van der Waals surface area contributed by atoms with Crippen LogP contribution in [0.25, 0.3) is 10.9 Å². The summed E-state index contributed by atoms with van der Waals surface area (Å²) in [6.45, 7) is 12.4. The number of amides is 2. The molecule has 3 fully saturated rings. The van der Waals surface area contributed by atoms with Gasteiger partial charge in [-0.1, -0.05) is 101 Å². The number of nitrogens with one attached hydrogen (secondary N) is 2. The van der Waals surface area contributed by atoms with E-state index in [9.17, 15) is 24.3 Å². The first-order valence-electron chi connectivity index (χ1n) is 29.7. The summed E-state index contributed by atoms with van der Waals surface area (Å²) in [4.78, 5) is 97.1. The van der Waals surface area contributed by atoms with Crippen molar-refractivity contribution < 1.29 is 79.0 Å². The molecule has 2 saturated heterocycles. The second-order valence-electron chi connectivity index (χ2n) is 24.7. The minimum atomic E-state index is -2.37. The number of quaternary nitrogens is 1. The molecule has 2 amide bonds. The zero-order valence-electron chi connectivity index (χ0n) is 49.8. The summed E-state index contributed by atoms with van der Waals surface area (Å²) in [6.07, 6.45) is 8.56. The van der Waals surface area contributed by atoms with Crippen LogP contribution in [0, 0.1) is 17.3 Å². The molecule has 450 valence electrons. The number of rotatable bonds is 16. The van der Waals surface area contributed by atoms with Gasteiger partial charge in [-0.15, -0.1) is 0 Å². The largest absolute Gasteiger partial charge is 1.00 e. The Morgan fingerprint density at radius 1 is 0.917 bits per heavy atom. The standard InChI is InChI=1S/C65H80N6O12.BrH/c1-10-39(4)53(56(75)82-38-42-20-14-13-15-21-42)67-55(74)49-24-18-28-70(49)52(73)37-71-34-41(11-2)30-43(35-71)33-64(60(76)80-8,54-45(36-71)44-22-16-17-23-48(44)66-54)47-31-46-50(32-51(47)79-7)68(6)58-63(46)26-29-69-27-19-25-62(12-3,57(63)69)59(83-40(5)72)65(58,78)61(77)81-9;/h13-17,19-23,25,30-32,39,43,49,53,57-59,66,78H,10-12,18,24,26-29,33-38H2,1-9H3;1H/t39-,43+,49-,53-,57-,58+,59+,62+,63+,64-,65-,71?;/m0./s1. The van der Waals surface area contributed by atoms with E-state index in [1.165, 1.54) is 21.1 Å². The van der Waals surface area contributed by atoms with Crippen molar-refractivity contribution >= 4 is 52.3 Å². The van der Waals surface area contributed by atoms with Gasteiger partial charge in [0.25, 0.3) is 5.91 Å². The van der Waals surface area contributed by atoms with Crippen LogP contribution in [0.15, 0.2) is 90.5 Å². The van der Waals surface area contributed by atoms with Crippen LogP contribution >= 0.6 is 0 Å². The molecule has 6 aliphatic heterocycles. The molecule has 1 spiro atoms. The second-order valence-corrected chi connectivity index (χ2v) is 24.7. The van der Waals surface area contributed by atoms with E-state index in [-0.39, 0.29) is 66.2 Å². The van der Waals surface area contributed by atoms with Gasteiger partial charge in [-0.2, -0.15) is 0 Å². The molecule has 12 atom stereocenters. The average molecular weight is 1220 g/mol. The molecule has 1 aliphatic carbocycles. The van der Waals surface area contributed by atoms with Gasteiger partial charge in [0.2, 0.25) is 11.5 Å². The van der Waals surface area contributed by atoms with Crippen LogP contribution in [0.2, 0.25) is 0 Å². The number of methoxy groups -OCH3 is 3. The molecule has 7 heterocycles. The summed E-state index contributed by atoms with van der Waals surface area (Å²) in [5.41, 5.74) is 0.317. The number of nitrogens with zero attached hydrogens (tertiary/aromatic N) is 4. The van der Waals surface area contributed by atoms with Gasteiger partial charge in [0.15, 0.2) is 12.6 Å². The Labute approximate surface area is 502 Å². The lowest BCUT2D eigenvalue weighted by Crippen LogP contribution is -3.00. The number of halogens is 1. The Bertz CT molecular complexity index is 3310. The normalized spacial score (nSPS) is 30.6. The first kappa shape index (κ1) is 60.6. The van der Waals surface area contributed by atoms with Crippen LogP contribution in [-0.2, 0) is 71.7 Å². The monoisotopic (exact) mass is 1220 g/mol. The highest BCUT2D eigenvalue weighted by Gasteiger charge is 2.80. The number of fused-ring (bicyclic) bond motifs is 6. The molecule has 19 heteroatoms. The van der Waals surface area contributed by atoms with Crippen LogP contribution < -0.4 is 31.9 Å².